The molecule has 1 saturated heterocycles. The number of amides is 2. The van der Waals surface area contributed by atoms with Gasteiger partial charge in [-0.1, -0.05) is 0 Å². The topological polar surface area (TPSA) is 71.1 Å². The Kier molecular flexibility index (Phi) is 3.32. The van der Waals surface area contributed by atoms with Crippen LogP contribution in [0.2, 0.25) is 0 Å². The van der Waals surface area contributed by atoms with Crippen LogP contribution in [-0.2, 0) is 4.79 Å². The number of hydrogen-bond donors (Lipinski definition) is 2. The normalized spacial score (nSPS) is 19.6. The molecule has 5 nitrogen and oxygen atoms in total. The molecule has 17 heavy (non-hydrogen) atoms. The van der Waals surface area contributed by atoms with E-state index in [2.05, 4.69) is 15.6 Å². The number of nitrogens with one attached hydrogen (secondary N) is 2. The molecule has 0 aliphatic carbocycles. The number of carbonyl (C=O) groups excluding carboxylic acids is 2. The summed E-state index contributed by atoms with van der Waals surface area (Å²) in [6, 6.07) is 2.42. The number of pyridine rings is 1. The minimum absolute atomic E-state index is 0.00425. The largest absolute Gasteiger partial charge is 0.354 e. The van der Waals surface area contributed by atoms with Gasteiger partial charge >= 0.3 is 0 Å². The van der Waals surface area contributed by atoms with Crippen molar-refractivity contribution in [2.24, 2.45) is 0 Å². The highest BCUT2D eigenvalue weighted by Gasteiger charge is 2.20. The van der Waals surface area contributed by atoms with Crippen LogP contribution in [0.15, 0.2) is 18.3 Å². The summed E-state index contributed by atoms with van der Waals surface area (Å²) in [6.45, 7) is 0.422. The summed E-state index contributed by atoms with van der Waals surface area (Å²) in [6.07, 6.45) is 2.01. The predicted molar refractivity (Wildman–Crippen MR) is 57.7 cm³/mol. The van der Waals surface area contributed by atoms with E-state index < -0.39 is 5.82 Å². The first kappa shape index (κ1) is 11.5. The fourth-order valence-electron chi connectivity index (χ4n) is 1.63. The van der Waals surface area contributed by atoms with E-state index in [-0.39, 0.29) is 23.6 Å². The van der Waals surface area contributed by atoms with Crippen LogP contribution in [-0.4, -0.2) is 29.4 Å². The van der Waals surface area contributed by atoms with Gasteiger partial charge in [-0.3, -0.25) is 9.59 Å². The lowest BCUT2D eigenvalue weighted by atomic mass is 10.1. The van der Waals surface area contributed by atoms with E-state index in [1.807, 2.05) is 0 Å². The number of halogens is 1. The van der Waals surface area contributed by atoms with Crippen molar-refractivity contribution in [2.45, 2.75) is 18.9 Å². The molecule has 2 N–H and O–H groups in total. The van der Waals surface area contributed by atoms with Gasteiger partial charge < -0.3 is 10.6 Å². The molecule has 2 amide bonds. The van der Waals surface area contributed by atoms with Gasteiger partial charge in [0.05, 0.1) is 6.20 Å². The quantitative estimate of drug-likeness (QED) is 0.773. The summed E-state index contributed by atoms with van der Waals surface area (Å²) < 4.78 is 12.6. The van der Waals surface area contributed by atoms with Gasteiger partial charge in [0.1, 0.15) is 11.5 Å². The molecule has 2 heterocycles. The van der Waals surface area contributed by atoms with Crippen LogP contribution in [0, 0.1) is 5.82 Å². The van der Waals surface area contributed by atoms with Crippen LogP contribution in [0.4, 0.5) is 4.39 Å². The highest BCUT2D eigenvalue weighted by molar-refractivity contribution is 5.92. The molecule has 1 aromatic rings. The third kappa shape index (κ3) is 2.99. The molecule has 1 atom stereocenters. The first-order valence-electron chi connectivity index (χ1n) is 5.34. The van der Waals surface area contributed by atoms with Crippen molar-refractivity contribution in [2.75, 3.05) is 6.54 Å². The highest BCUT2D eigenvalue weighted by atomic mass is 19.1. The van der Waals surface area contributed by atoms with Gasteiger partial charge in [-0.05, 0) is 18.6 Å². The molecule has 1 aliphatic rings. The minimum atomic E-state index is -0.480. The van der Waals surface area contributed by atoms with E-state index in [4.69, 9.17) is 0 Å². The van der Waals surface area contributed by atoms with Crippen LogP contribution in [0.25, 0.3) is 0 Å². The average molecular weight is 237 g/mol. The van der Waals surface area contributed by atoms with Gasteiger partial charge in [0.25, 0.3) is 5.91 Å². The van der Waals surface area contributed by atoms with Gasteiger partial charge in [0, 0.05) is 19.0 Å². The van der Waals surface area contributed by atoms with Crippen LogP contribution in [0.1, 0.15) is 23.3 Å². The van der Waals surface area contributed by atoms with Crippen molar-refractivity contribution >= 4 is 11.8 Å². The first-order chi connectivity index (χ1) is 8.15. The number of aromatic nitrogens is 1. The average Bonchev–Trinajstić information content (AvgIpc) is 2.33. The standard InChI is InChI=1S/C11H12FN3O2/c12-7-1-3-9(13-5-7)11(17)15-8-2-4-10(16)14-6-8/h1,3,5,8H,2,4,6H2,(H,14,16)(H,15,17). The van der Waals surface area contributed by atoms with Crippen molar-refractivity contribution in [1.29, 1.82) is 0 Å². The number of nitrogens with zero attached hydrogens (tertiary/aromatic N) is 1. The van der Waals surface area contributed by atoms with E-state index in [9.17, 15) is 14.0 Å². The van der Waals surface area contributed by atoms with Crippen LogP contribution < -0.4 is 10.6 Å². The molecule has 1 aromatic heterocycles. The number of piperidine rings is 1. The Bertz CT molecular complexity index is 423. The smallest absolute Gasteiger partial charge is 0.270 e. The van der Waals surface area contributed by atoms with Crippen molar-refractivity contribution in [3.8, 4) is 0 Å². The Morgan fingerprint density at radius 2 is 2.35 bits per heavy atom. The summed E-state index contributed by atoms with van der Waals surface area (Å²) in [7, 11) is 0. The van der Waals surface area contributed by atoms with Gasteiger partial charge in [-0.15, -0.1) is 0 Å². The monoisotopic (exact) mass is 237 g/mol. The molecule has 90 valence electrons. The SMILES string of the molecule is O=C1CCC(NC(=O)c2ccc(F)cn2)CN1. The summed E-state index contributed by atoms with van der Waals surface area (Å²) in [5.74, 6) is -0.840. The molecular weight excluding hydrogens is 225 g/mol. The summed E-state index contributed by atoms with van der Waals surface area (Å²) >= 11 is 0. The molecule has 0 bridgehead atoms. The lowest BCUT2D eigenvalue weighted by Crippen LogP contribution is -2.47. The van der Waals surface area contributed by atoms with E-state index in [0.717, 1.165) is 6.20 Å². The third-order valence-electron chi connectivity index (χ3n) is 2.56. The van der Waals surface area contributed by atoms with Gasteiger partial charge in [0.2, 0.25) is 5.91 Å². The first-order valence-corrected chi connectivity index (χ1v) is 5.34. The molecule has 1 aliphatic heterocycles. The second-order valence-electron chi connectivity index (χ2n) is 3.87. The molecule has 0 saturated carbocycles. The fourth-order valence-corrected chi connectivity index (χ4v) is 1.63. The second-order valence-corrected chi connectivity index (χ2v) is 3.87. The third-order valence-corrected chi connectivity index (χ3v) is 2.56. The van der Waals surface area contributed by atoms with Crippen molar-refractivity contribution in [3.05, 3.63) is 29.8 Å². The molecule has 1 fully saturated rings. The van der Waals surface area contributed by atoms with Crippen LogP contribution in [0.3, 0.4) is 0 Å². The van der Waals surface area contributed by atoms with Crippen LogP contribution in [0.5, 0.6) is 0 Å². The zero-order valence-electron chi connectivity index (χ0n) is 9.07. The predicted octanol–water partition coefficient (Wildman–Crippen LogP) is 0.229. The van der Waals surface area contributed by atoms with Gasteiger partial charge in [-0.25, -0.2) is 9.37 Å². The summed E-state index contributed by atoms with van der Waals surface area (Å²) in [5.41, 5.74) is 0.170. The highest BCUT2D eigenvalue weighted by Crippen LogP contribution is 2.04. The Balaban J connectivity index is 1.93. The van der Waals surface area contributed by atoms with E-state index in [0.29, 0.717) is 19.4 Å². The number of rotatable bonds is 2. The Morgan fingerprint density at radius 1 is 1.53 bits per heavy atom. The van der Waals surface area contributed by atoms with E-state index >= 15 is 0 Å². The van der Waals surface area contributed by atoms with Gasteiger partial charge in [0.15, 0.2) is 0 Å². The zero-order valence-corrected chi connectivity index (χ0v) is 9.07. The molecule has 0 radical (unpaired) electrons. The van der Waals surface area contributed by atoms with Gasteiger partial charge in [-0.2, -0.15) is 0 Å². The number of carbonyl (C=O) groups is 2. The molecular formula is C11H12FN3O2. The minimum Gasteiger partial charge on any atom is -0.354 e. The Hall–Kier alpha value is -1.98. The number of hydrogen-bond acceptors (Lipinski definition) is 3. The Labute approximate surface area is 97.4 Å². The van der Waals surface area contributed by atoms with Crippen molar-refractivity contribution < 1.29 is 14.0 Å². The maximum Gasteiger partial charge on any atom is 0.270 e. The molecule has 0 spiro atoms. The molecule has 1 unspecified atom stereocenters. The maximum absolute atomic E-state index is 12.6. The fraction of sp³-hybridized carbons (Fsp3) is 0.364. The lowest BCUT2D eigenvalue weighted by molar-refractivity contribution is -0.122. The zero-order chi connectivity index (χ0) is 12.3. The maximum atomic E-state index is 12.6. The van der Waals surface area contributed by atoms with E-state index in [1.165, 1.54) is 12.1 Å². The van der Waals surface area contributed by atoms with Crippen molar-refractivity contribution in [1.82, 2.24) is 15.6 Å². The summed E-state index contributed by atoms with van der Waals surface area (Å²) in [4.78, 5) is 26.3. The van der Waals surface area contributed by atoms with Crippen molar-refractivity contribution in [3.63, 3.8) is 0 Å². The molecule has 6 heteroatoms. The lowest BCUT2D eigenvalue weighted by Gasteiger charge is -2.23. The Morgan fingerprint density at radius 3 is 2.94 bits per heavy atom. The second kappa shape index (κ2) is 4.90. The molecule has 2 rings (SSSR count). The summed E-state index contributed by atoms with van der Waals surface area (Å²) in [5, 5.41) is 5.40. The van der Waals surface area contributed by atoms with Crippen LogP contribution >= 0.6 is 0 Å². The molecule has 0 aromatic carbocycles. The van der Waals surface area contributed by atoms with E-state index in [1.54, 1.807) is 0 Å².